The number of benzene rings is 1. The highest BCUT2D eigenvalue weighted by Gasteiger charge is 2.17. The Morgan fingerprint density at radius 1 is 1.21 bits per heavy atom. The molecule has 0 radical (unpaired) electrons. The van der Waals surface area contributed by atoms with Gasteiger partial charge < -0.3 is 0 Å². The van der Waals surface area contributed by atoms with Crippen LogP contribution in [-0.2, 0) is 16.4 Å². The fourth-order valence-electron chi connectivity index (χ4n) is 2.47. The first kappa shape index (κ1) is 16.0. The molecule has 0 aliphatic carbocycles. The van der Waals surface area contributed by atoms with Gasteiger partial charge in [-0.25, -0.2) is 12.9 Å². The highest BCUT2D eigenvalue weighted by atomic mass is 32.2. The van der Waals surface area contributed by atoms with Crippen LogP contribution in [-0.4, -0.2) is 18.0 Å². The maximum Gasteiger partial charge on any atom is 0.263 e. The molecule has 0 aliphatic heterocycles. The normalized spacial score (nSPS) is 11.4. The smallest absolute Gasteiger partial charge is 0.263 e. The number of pyridine rings is 1. The summed E-state index contributed by atoms with van der Waals surface area (Å²) >= 11 is 0. The number of hydrogen-bond acceptors (Lipinski definition) is 4. The monoisotopic (exact) mass is 340 g/mol. The second kappa shape index (κ2) is 5.98. The van der Waals surface area contributed by atoms with Gasteiger partial charge in [0.15, 0.2) is 0 Å². The summed E-state index contributed by atoms with van der Waals surface area (Å²) in [5, 5.41) is 13.4. The number of hydrogen-bond donors (Lipinski definition) is 1. The maximum atomic E-state index is 12.6. The molecule has 24 heavy (non-hydrogen) atoms. The Morgan fingerprint density at radius 2 is 1.92 bits per heavy atom. The number of nitrogens with one attached hydrogen (secondary N) is 1. The minimum absolute atomic E-state index is 0.182. The standard InChI is InChI=1S/C17H16N4O2S/c1-3-13-4-7-15(8-5-13)24(22,23)20-17-9-6-14(11-18)16-10-12(2)19-21(16)17/h4-10,20H,3H2,1-2H3. The van der Waals surface area contributed by atoms with Crippen molar-refractivity contribution in [2.24, 2.45) is 0 Å². The Hall–Kier alpha value is -2.85. The first-order chi connectivity index (χ1) is 11.4. The zero-order chi connectivity index (χ0) is 17.3. The van der Waals surface area contributed by atoms with E-state index in [0.717, 1.165) is 12.0 Å². The first-order valence-electron chi connectivity index (χ1n) is 7.46. The van der Waals surface area contributed by atoms with Crippen molar-refractivity contribution in [1.29, 1.82) is 5.26 Å². The van der Waals surface area contributed by atoms with Crippen LogP contribution < -0.4 is 4.72 Å². The average Bonchev–Trinajstić information content (AvgIpc) is 2.97. The molecule has 7 heteroatoms. The van der Waals surface area contributed by atoms with Crippen molar-refractivity contribution in [3.63, 3.8) is 0 Å². The van der Waals surface area contributed by atoms with Crippen molar-refractivity contribution >= 4 is 21.4 Å². The van der Waals surface area contributed by atoms with Gasteiger partial charge in [-0.2, -0.15) is 10.4 Å². The number of aryl methyl sites for hydroxylation is 2. The summed E-state index contributed by atoms with van der Waals surface area (Å²) in [6, 6.07) is 13.7. The summed E-state index contributed by atoms with van der Waals surface area (Å²) in [6.45, 7) is 3.80. The van der Waals surface area contributed by atoms with Crippen molar-refractivity contribution in [2.75, 3.05) is 4.72 Å². The second-order valence-electron chi connectivity index (χ2n) is 5.43. The summed E-state index contributed by atoms with van der Waals surface area (Å²) in [6.07, 6.45) is 0.844. The molecule has 1 aromatic carbocycles. The number of rotatable bonds is 4. The van der Waals surface area contributed by atoms with Crippen LogP contribution >= 0.6 is 0 Å². The molecule has 0 aliphatic rings. The van der Waals surface area contributed by atoms with Crippen molar-refractivity contribution in [1.82, 2.24) is 9.61 Å². The van der Waals surface area contributed by atoms with Crippen molar-refractivity contribution in [2.45, 2.75) is 25.2 Å². The van der Waals surface area contributed by atoms with Crippen LogP contribution in [0.1, 0.15) is 23.7 Å². The van der Waals surface area contributed by atoms with Gasteiger partial charge in [-0.1, -0.05) is 19.1 Å². The van der Waals surface area contributed by atoms with Crippen molar-refractivity contribution in [3.8, 4) is 6.07 Å². The molecule has 3 rings (SSSR count). The largest absolute Gasteiger partial charge is 0.263 e. The topological polar surface area (TPSA) is 87.3 Å². The summed E-state index contributed by atoms with van der Waals surface area (Å²) in [4.78, 5) is 0.182. The van der Waals surface area contributed by atoms with E-state index >= 15 is 0 Å². The third-order valence-electron chi connectivity index (χ3n) is 3.74. The SMILES string of the molecule is CCc1ccc(S(=O)(=O)Nc2ccc(C#N)c3cc(C)nn23)cc1. The molecule has 1 N–H and O–H groups in total. The van der Waals surface area contributed by atoms with Crippen LogP contribution in [0.3, 0.4) is 0 Å². The molecule has 0 unspecified atom stereocenters. The summed E-state index contributed by atoms with van der Waals surface area (Å²) in [5.74, 6) is 0.289. The van der Waals surface area contributed by atoms with Gasteiger partial charge in [-0.3, -0.25) is 4.72 Å². The van der Waals surface area contributed by atoms with Gasteiger partial charge in [0, 0.05) is 0 Å². The Kier molecular flexibility index (Phi) is 3.99. The summed E-state index contributed by atoms with van der Waals surface area (Å²) in [5.41, 5.74) is 2.77. The van der Waals surface area contributed by atoms with Crippen LogP contribution in [0, 0.1) is 18.3 Å². The molecule has 0 saturated carbocycles. The van der Waals surface area contributed by atoms with Crippen LogP contribution in [0.25, 0.3) is 5.52 Å². The summed E-state index contributed by atoms with van der Waals surface area (Å²) in [7, 11) is -3.73. The Bertz CT molecular complexity index is 1040. The lowest BCUT2D eigenvalue weighted by atomic mass is 10.2. The Morgan fingerprint density at radius 3 is 2.54 bits per heavy atom. The van der Waals surface area contributed by atoms with Gasteiger partial charge in [0.2, 0.25) is 0 Å². The molecular weight excluding hydrogens is 324 g/mol. The molecule has 0 amide bonds. The van der Waals surface area contributed by atoms with Crippen molar-refractivity contribution in [3.05, 3.63) is 59.3 Å². The highest BCUT2D eigenvalue weighted by Crippen LogP contribution is 2.21. The number of sulfonamides is 1. The minimum atomic E-state index is -3.73. The van der Waals surface area contributed by atoms with E-state index in [1.165, 1.54) is 10.6 Å². The molecule has 2 heterocycles. The fraction of sp³-hybridized carbons (Fsp3) is 0.176. The summed E-state index contributed by atoms with van der Waals surface area (Å²) < 4.78 is 29.2. The van der Waals surface area contributed by atoms with Gasteiger partial charge >= 0.3 is 0 Å². The zero-order valence-electron chi connectivity index (χ0n) is 13.3. The molecular formula is C17H16N4O2S. The average molecular weight is 340 g/mol. The predicted molar refractivity (Wildman–Crippen MR) is 91.3 cm³/mol. The Labute approximate surface area is 140 Å². The molecule has 0 fully saturated rings. The van der Waals surface area contributed by atoms with E-state index in [2.05, 4.69) is 15.9 Å². The van der Waals surface area contributed by atoms with Crippen LogP contribution in [0.5, 0.6) is 0 Å². The van der Waals surface area contributed by atoms with Crippen LogP contribution in [0.2, 0.25) is 0 Å². The van der Waals surface area contributed by atoms with Gasteiger partial charge in [0.05, 0.1) is 21.7 Å². The lowest BCUT2D eigenvalue weighted by molar-refractivity contribution is 0.600. The molecule has 2 aromatic heterocycles. The predicted octanol–water partition coefficient (Wildman–Crippen LogP) is 2.88. The zero-order valence-corrected chi connectivity index (χ0v) is 14.1. The van der Waals surface area contributed by atoms with Gasteiger partial charge in [-0.05, 0) is 49.2 Å². The first-order valence-corrected chi connectivity index (χ1v) is 8.94. The van der Waals surface area contributed by atoms with Gasteiger partial charge in [-0.15, -0.1) is 0 Å². The van der Waals surface area contributed by atoms with E-state index in [-0.39, 0.29) is 10.7 Å². The number of fused-ring (bicyclic) bond motifs is 1. The molecule has 0 atom stereocenters. The van der Waals surface area contributed by atoms with Crippen LogP contribution in [0.4, 0.5) is 5.82 Å². The maximum absolute atomic E-state index is 12.6. The molecule has 3 aromatic rings. The third kappa shape index (κ3) is 2.84. The lowest BCUT2D eigenvalue weighted by Crippen LogP contribution is -2.15. The third-order valence-corrected chi connectivity index (χ3v) is 5.12. The Balaban J connectivity index is 2.04. The second-order valence-corrected chi connectivity index (χ2v) is 7.11. The van der Waals surface area contributed by atoms with E-state index in [1.54, 1.807) is 43.3 Å². The van der Waals surface area contributed by atoms with E-state index in [0.29, 0.717) is 16.8 Å². The molecule has 6 nitrogen and oxygen atoms in total. The molecule has 0 saturated heterocycles. The van der Waals surface area contributed by atoms with E-state index < -0.39 is 10.0 Å². The van der Waals surface area contributed by atoms with E-state index in [1.807, 2.05) is 6.92 Å². The molecule has 0 spiro atoms. The van der Waals surface area contributed by atoms with Crippen molar-refractivity contribution < 1.29 is 8.42 Å². The van der Waals surface area contributed by atoms with Gasteiger partial charge in [0.1, 0.15) is 11.9 Å². The number of nitriles is 1. The quantitative estimate of drug-likeness (QED) is 0.791. The molecule has 122 valence electrons. The fourth-order valence-corrected chi connectivity index (χ4v) is 3.51. The highest BCUT2D eigenvalue weighted by molar-refractivity contribution is 7.92. The number of aromatic nitrogens is 2. The minimum Gasteiger partial charge on any atom is -0.263 e. The number of nitrogens with zero attached hydrogens (tertiary/aromatic N) is 3. The molecule has 0 bridgehead atoms. The van der Waals surface area contributed by atoms with E-state index in [9.17, 15) is 8.42 Å². The van der Waals surface area contributed by atoms with Gasteiger partial charge in [0.25, 0.3) is 10.0 Å². The lowest BCUT2D eigenvalue weighted by Gasteiger charge is -2.10. The van der Waals surface area contributed by atoms with E-state index in [4.69, 9.17) is 5.26 Å². The number of anilines is 1. The van der Waals surface area contributed by atoms with Crippen LogP contribution in [0.15, 0.2) is 47.4 Å².